The quantitative estimate of drug-likeness (QED) is 0.772. The number of rotatable bonds is 2. The molecule has 0 aliphatic carbocycles. The minimum absolute atomic E-state index is 0.357. The predicted molar refractivity (Wildman–Crippen MR) is 90.5 cm³/mol. The number of aromatic nitrogens is 2. The first-order chi connectivity index (χ1) is 9.56. The second-order valence-corrected chi connectivity index (χ2v) is 8.60. The highest BCUT2D eigenvalue weighted by atomic mass is 35.5. The Bertz CT molecular complexity index is 618. The van der Waals surface area contributed by atoms with E-state index in [1.165, 1.54) is 4.88 Å². The Morgan fingerprint density at radius 3 is 2.65 bits per heavy atom. The van der Waals surface area contributed by atoms with Crippen molar-refractivity contribution in [2.24, 2.45) is 0 Å². The zero-order valence-electron chi connectivity index (χ0n) is 11.9. The molecule has 2 unspecified atom stereocenters. The maximum Gasteiger partial charge on any atom is 0.225 e. The van der Waals surface area contributed by atoms with E-state index in [4.69, 9.17) is 11.6 Å². The van der Waals surface area contributed by atoms with Gasteiger partial charge in [0.2, 0.25) is 5.28 Å². The summed E-state index contributed by atoms with van der Waals surface area (Å²) in [6.45, 7) is 8.77. The van der Waals surface area contributed by atoms with Crippen LogP contribution >= 0.6 is 34.7 Å². The zero-order chi connectivity index (χ0) is 14.3. The largest absolute Gasteiger partial charge is 0.354 e. The van der Waals surface area contributed by atoms with E-state index in [0.29, 0.717) is 15.8 Å². The molecule has 0 spiro atoms. The van der Waals surface area contributed by atoms with E-state index in [-0.39, 0.29) is 0 Å². The van der Waals surface area contributed by atoms with Gasteiger partial charge in [-0.1, -0.05) is 20.8 Å². The van der Waals surface area contributed by atoms with Crippen molar-refractivity contribution in [3.8, 4) is 0 Å². The molecule has 1 fully saturated rings. The van der Waals surface area contributed by atoms with Crippen molar-refractivity contribution in [1.29, 1.82) is 0 Å². The van der Waals surface area contributed by atoms with Gasteiger partial charge in [-0.25, -0.2) is 4.98 Å². The number of halogens is 1. The number of anilines is 1. The van der Waals surface area contributed by atoms with Crippen LogP contribution in [0.3, 0.4) is 0 Å². The van der Waals surface area contributed by atoms with Crippen LogP contribution < -0.4 is 4.90 Å². The Morgan fingerprint density at radius 2 is 2.00 bits per heavy atom. The Hall–Kier alpha value is -0.520. The summed E-state index contributed by atoms with van der Waals surface area (Å²) in [6, 6.07) is 2.22. The normalized spacial score (nSPS) is 23.5. The molecule has 0 bridgehead atoms. The average molecular weight is 328 g/mol. The second kappa shape index (κ2) is 5.70. The molecule has 108 valence electrons. The van der Waals surface area contributed by atoms with Crippen molar-refractivity contribution in [2.75, 3.05) is 18.0 Å². The van der Waals surface area contributed by atoms with Crippen molar-refractivity contribution in [3.63, 3.8) is 0 Å². The number of aryl methyl sites for hydroxylation is 1. The smallest absolute Gasteiger partial charge is 0.225 e. The van der Waals surface area contributed by atoms with Gasteiger partial charge in [0.05, 0.1) is 5.39 Å². The van der Waals surface area contributed by atoms with Gasteiger partial charge in [-0.05, 0) is 24.1 Å². The number of thiophene rings is 1. The van der Waals surface area contributed by atoms with Gasteiger partial charge in [-0.3, -0.25) is 0 Å². The Labute approximate surface area is 132 Å². The van der Waals surface area contributed by atoms with Gasteiger partial charge in [0.15, 0.2) is 0 Å². The Kier molecular flexibility index (Phi) is 4.11. The summed E-state index contributed by atoms with van der Waals surface area (Å²) in [5.74, 6) is 1.01. The number of hydrogen-bond donors (Lipinski definition) is 0. The lowest BCUT2D eigenvalue weighted by Gasteiger charge is -2.35. The van der Waals surface area contributed by atoms with Crippen LogP contribution in [0.15, 0.2) is 6.07 Å². The average Bonchev–Trinajstić information content (AvgIpc) is 2.79. The van der Waals surface area contributed by atoms with E-state index in [2.05, 4.69) is 41.7 Å². The van der Waals surface area contributed by atoms with Crippen molar-refractivity contribution in [3.05, 3.63) is 16.2 Å². The summed E-state index contributed by atoms with van der Waals surface area (Å²) >= 11 is 9.89. The van der Waals surface area contributed by atoms with Gasteiger partial charge >= 0.3 is 0 Å². The molecule has 0 N–H and O–H groups in total. The lowest BCUT2D eigenvalue weighted by molar-refractivity contribution is 0.721. The van der Waals surface area contributed by atoms with Crippen molar-refractivity contribution >= 4 is 50.7 Å². The van der Waals surface area contributed by atoms with Crippen LogP contribution in [0.4, 0.5) is 5.82 Å². The van der Waals surface area contributed by atoms with Crippen LogP contribution in [0.25, 0.3) is 10.2 Å². The van der Waals surface area contributed by atoms with E-state index in [0.717, 1.165) is 35.5 Å². The van der Waals surface area contributed by atoms with Crippen molar-refractivity contribution in [2.45, 2.75) is 37.7 Å². The van der Waals surface area contributed by atoms with Crippen LogP contribution in [0.2, 0.25) is 5.28 Å². The van der Waals surface area contributed by atoms with Gasteiger partial charge in [0, 0.05) is 28.5 Å². The summed E-state index contributed by atoms with van der Waals surface area (Å²) in [6.07, 6.45) is 1.03. The number of nitrogens with zero attached hydrogens (tertiary/aromatic N) is 3. The van der Waals surface area contributed by atoms with Crippen LogP contribution in [0.5, 0.6) is 0 Å². The molecule has 1 aliphatic heterocycles. The molecular weight excluding hydrogens is 310 g/mol. The molecule has 2 atom stereocenters. The predicted octanol–water partition coefficient (Wildman–Crippen LogP) is 4.24. The molecule has 2 aromatic rings. The fourth-order valence-corrected chi connectivity index (χ4v) is 5.20. The summed E-state index contributed by atoms with van der Waals surface area (Å²) in [7, 11) is 0. The fraction of sp³-hybridized carbons (Fsp3) is 0.571. The third-order valence-corrected chi connectivity index (χ3v) is 6.03. The maximum absolute atomic E-state index is 6.12. The topological polar surface area (TPSA) is 29.0 Å². The molecule has 0 saturated carbocycles. The third-order valence-electron chi connectivity index (χ3n) is 3.46. The van der Waals surface area contributed by atoms with Gasteiger partial charge in [0.25, 0.3) is 0 Å². The Balaban J connectivity index is 2.07. The van der Waals surface area contributed by atoms with Crippen LogP contribution in [-0.4, -0.2) is 33.6 Å². The minimum Gasteiger partial charge on any atom is -0.354 e. The number of thioether (sulfide) groups is 1. The molecule has 1 saturated heterocycles. The first-order valence-corrected chi connectivity index (χ1v) is 9.07. The molecule has 3 nitrogen and oxygen atoms in total. The molecule has 2 aromatic heterocycles. The lowest BCUT2D eigenvalue weighted by atomic mass is 10.2. The second-order valence-electron chi connectivity index (χ2n) is 5.26. The molecule has 1 aliphatic rings. The minimum atomic E-state index is 0.357. The van der Waals surface area contributed by atoms with E-state index < -0.39 is 0 Å². The molecule has 6 heteroatoms. The monoisotopic (exact) mass is 327 g/mol. The summed E-state index contributed by atoms with van der Waals surface area (Å²) in [4.78, 5) is 13.6. The molecule has 20 heavy (non-hydrogen) atoms. The van der Waals surface area contributed by atoms with Gasteiger partial charge in [-0.15, -0.1) is 11.3 Å². The SMILES string of the molecule is CCc1cc2c(N3CC(C)SC(C)C3)nc(Cl)nc2s1. The molecule has 0 amide bonds. The lowest BCUT2D eigenvalue weighted by Crippen LogP contribution is -2.41. The van der Waals surface area contributed by atoms with Crippen molar-refractivity contribution in [1.82, 2.24) is 9.97 Å². The number of fused-ring (bicyclic) bond motifs is 1. The molecule has 0 aromatic carbocycles. The zero-order valence-corrected chi connectivity index (χ0v) is 14.3. The van der Waals surface area contributed by atoms with E-state index in [1.54, 1.807) is 11.3 Å². The molecule has 3 heterocycles. The van der Waals surface area contributed by atoms with E-state index in [9.17, 15) is 0 Å². The summed E-state index contributed by atoms with van der Waals surface area (Å²) < 4.78 is 0. The highest BCUT2D eigenvalue weighted by Gasteiger charge is 2.25. The highest BCUT2D eigenvalue weighted by Crippen LogP contribution is 2.35. The molecular formula is C14H18ClN3S2. The van der Waals surface area contributed by atoms with E-state index >= 15 is 0 Å². The van der Waals surface area contributed by atoms with Gasteiger partial charge < -0.3 is 4.90 Å². The first-order valence-electron chi connectivity index (χ1n) is 6.93. The fourth-order valence-electron chi connectivity index (χ4n) is 2.70. The van der Waals surface area contributed by atoms with Gasteiger partial charge in [-0.2, -0.15) is 16.7 Å². The van der Waals surface area contributed by atoms with Crippen LogP contribution in [0, 0.1) is 0 Å². The standard InChI is InChI=1S/C14H18ClN3S2/c1-4-10-5-11-12(16-14(15)17-13(11)20-10)18-6-8(2)19-9(3)7-18/h5,8-9H,4,6-7H2,1-3H3. The summed E-state index contributed by atoms with van der Waals surface area (Å²) in [5, 5.41) is 2.75. The Morgan fingerprint density at radius 1 is 1.30 bits per heavy atom. The maximum atomic E-state index is 6.12. The van der Waals surface area contributed by atoms with Crippen LogP contribution in [-0.2, 0) is 6.42 Å². The third kappa shape index (κ3) is 2.76. The van der Waals surface area contributed by atoms with Gasteiger partial charge in [0.1, 0.15) is 10.6 Å². The first kappa shape index (κ1) is 14.4. The summed E-state index contributed by atoms with van der Waals surface area (Å²) in [5.41, 5.74) is 0. The molecule has 3 rings (SSSR count). The number of hydrogen-bond acceptors (Lipinski definition) is 5. The highest BCUT2D eigenvalue weighted by molar-refractivity contribution is 8.00. The van der Waals surface area contributed by atoms with E-state index in [1.807, 2.05) is 11.8 Å². The van der Waals surface area contributed by atoms with Crippen LogP contribution in [0.1, 0.15) is 25.6 Å². The molecule has 0 radical (unpaired) electrons. The van der Waals surface area contributed by atoms with Crippen molar-refractivity contribution < 1.29 is 0 Å².